The second-order valence-corrected chi connectivity index (χ2v) is 10.4. The molecular weight excluding hydrogens is 478 g/mol. The first-order valence-electron chi connectivity index (χ1n) is 13.0. The van der Waals surface area contributed by atoms with E-state index in [4.69, 9.17) is 14.5 Å². The Hall–Kier alpha value is -4.13. The van der Waals surface area contributed by atoms with Gasteiger partial charge in [0, 0.05) is 31.1 Å². The van der Waals surface area contributed by atoms with Gasteiger partial charge < -0.3 is 19.4 Å². The van der Waals surface area contributed by atoms with Crippen molar-refractivity contribution in [1.82, 2.24) is 9.55 Å². The zero-order valence-corrected chi connectivity index (χ0v) is 22.7. The van der Waals surface area contributed by atoms with Gasteiger partial charge in [0.2, 0.25) is 5.91 Å². The Labute approximate surface area is 223 Å². The standard InChI is InChI=1S/C31H35N3O4/c1-6-7-12-29-33-26-18-17-24(32-21(2)35)19-27(26)34(29)20-22-13-15-23(16-14-22)25-10-8-9-11-28(25)37-30(36)38-31(3,4)5/h8-11,13-19H,6-7,12,20H2,1-5H3,(H,32,35). The first kappa shape index (κ1) is 26.9. The van der Waals surface area contributed by atoms with E-state index in [9.17, 15) is 9.59 Å². The van der Waals surface area contributed by atoms with Gasteiger partial charge in [0.05, 0.1) is 11.0 Å². The van der Waals surface area contributed by atoms with Gasteiger partial charge in [0.15, 0.2) is 0 Å². The van der Waals surface area contributed by atoms with Crippen molar-refractivity contribution in [2.45, 2.75) is 66.0 Å². The number of amides is 1. The minimum atomic E-state index is -0.730. The summed E-state index contributed by atoms with van der Waals surface area (Å²) in [6.45, 7) is 9.73. The summed E-state index contributed by atoms with van der Waals surface area (Å²) in [5.41, 5.74) is 4.87. The number of hydrogen-bond donors (Lipinski definition) is 1. The highest BCUT2D eigenvalue weighted by Crippen LogP contribution is 2.31. The predicted octanol–water partition coefficient (Wildman–Crippen LogP) is 7.37. The number of unbranched alkanes of at least 4 members (excludes halogenated alkanes) is 1. The average molecular weight is 514 g/mol. The number of carbonyl (C=O) groups excluding carboxylic acids is 2. The molecule has 0 saturated heterocycles. The Morgan fingerprint density at radius 2 is 1.74 bits per heavy atom. The van der Waals surface area contributed by atoms with Crippen LogP contribution in [-0.4, -0.2) is 27.2 Å². The van der Waals surface area contributed by atoms with Crippen LogP contribution in [0.2, 0.25) is 0 Å². The summed E-state index contributed by atoms with van der Waals surface area (Å²) in [6, 6.07) is 21.5. The molecule has 7 nitrogen and oxygen atoms in total. The number of ether oxygens (including phenoxy) is 2. The molecule has 4 rings (SSSR count). The summed E-state index contributed by atoms with van der Waals surface area (Å²) in [5.74, 6) is 1.37. The van der Waals surface area contributed by atoms with E-state index in [1.807, 2.05) is 48.5 Å². The average Bonchev–Trinajstić information content (AvgIpc) is 3.18. The fourth-order valence-corrected chi connectivity index (χ4v) is 4.28. The molecular formula is C31H35N3O4. The Morgan fingerprint density at radius 1 is 1.00 bits per heavy atom. The maximum absolute atomic E-state index is 12.3. The first-order chi connectivity index (χ1) is 18.1. The maximum atomic E-state index is 12.3. The predicted molar refractivity (Wildman–Crippen MR) is 150 cm³/mol. The molecule has 0 bridgehead atoms. The molecule has 1 aromatic heterocycles. The highest BCUT2D eigenvalue weighted by atomic mass is 16.7. The van der Waals surface area contributed by atoms with Gasteiger partial charge in [0.1, 0.15) is 17.2 Å². The monoisotopic (exact) mass is 513 g/mol. The number of hydrogen-bond acceptors (Lipinski definition) is 5. The quantitative estimate of drug-likeness (QED) is 0.196. The fraction of sp³-hybridized carbons (Fsp3) is 0.323. The van der Waals surface area contributed by atoms with E-state index in [0.717, 1.165) is 58.5 Å². The second kappa shape index (κ2) is 11.5. The number of aryl methyl sites for hydroxylation is 1. The smallest absolute Gasteiger partial charge is 0.428 e. The molecule has 1 N–H and O–H groups in total. The van der Waals surface area contributed by atoms with Gasteiger partial charge in [-0.3, -0.25) is 4.79 Å². The van der Waals surface area contributed by atoms with Crippen molar-refractivity contribution in [1.29, 1.82) is 0 Å². The molecule has 198 valence electrons. The minimum Gasteiger partial charge on any atom is -0.428 e. The van der Waals surface area contributed by atoms with Crippen LogP contribution in [0.3, 0.4) is 0 Å². The SMILES string of the molecule is CCCCc1nc2ccc(NC(C)=O)cc2n1Cc1ccc(-c2ccccc2OC(=O)OC(C)(C)C)cc1. The third-order valence-electron chi connectivity index (χ3n) is 5.98. The van der Waals surface area contributed by atoms with Crippen LogP contribution in [0.25, 0.3) is 22.2 Å². The molecule has 0 spiro atoms. The number of carbonyl (C=O) groups is 2. The van der Waals surface area contributed by atoms with Crippen LogP contribution in [-0.2, 0) is 22.5 Å². The van der Waals surface area contributed by atoms with Crippen LogP contribution in [0.4, 0.5) is 10.5 Å². The van der Waals surface area contributed by atoms with Gasteiger partial charge in [-0.25, -0.2) is 9.78 Å². The molecule has 1 heterocycles. The molecule has 3 aromatic carbocycles. The first-order valence-corrected chi connectivity index (χ1v) is 13.0. The third-order valence-corrected chi connectivity index (χ3v) is 5.98. The molecule has 0 aliphatic carbocycles. The number of rotatable bonds is 8. The highest BCUT2D eigenvalue weighted by Gasteiger charge is 2.19. The van der Waals surface area contributed by atoms with E-state index in [0.29, 0.717) is 12.3 Å². The molecule has 1 amide bonds. The van der Waals surface area contributed by atoms with Gasteiger partial charge >= 0.3 is 6.16 Å². The summed E-state index contributed by atoms with van der Waals surface area (Å²) in [5, 5.41) is 2.87. The number of para-hydroxylation sites is 1. The highest BCUT2D eigenvalue weighted by molar-refractivity contribution is 5.91. The minimum absolute atomic E-state index is 0.104. The van der Waals surface area contributed by atoms with Crippen molar-refractivity contribution in [3.05, 3.63) is 78.1 Å². The lowest BCUT2D eigenvalue weighted by atomic mass is 10.0. The molecule has 0 aliphatic heterocycles. The number of imidazole rings is 1. The van der Waals surface area contributed by atoms with Crippen molar-refractivity contribution < 1.29 is 19.1 Å². The zero-order chi connectivity index (χ0) is 27.3. The number of nitrogens with zero attached hydrogens (tertiary/aromatic N) is 2. The number of benzene rings is 3. The molecule has 0 unspecified atom stereocenters. The fourth-order valence-electron chi connectivity index (χ4n) is 4.28. The summed E-state index contributed by atoms with van der Waals surface area (Å²) < 4.78 is 13.1. The number of nitrogens with one attached hydrogen (secondary N) is 1. The lowest BCUT2D eigenvalue weighted by Gasteiger charge is -2.19. The molecule has 7 heteroatoms. The number of aromatic nitrogens is 2. The van der Waals surface area contributed by atoms with Crippen molar-refractivity contribution in [2.75, 3.05) is 5.32 Å². The van der Waals surface area contributed by atoms with Crippen LogP contribution in [0.15, 0.2) is 66.7 Å². The largest absolute Gasteiger partial charge is 0.514 e. The Kier molecular flexibility index (Phi) is 8.15. The van der Waals surface area contributed by atoms with Gasteiger partial charge in [-0.2, -0.15) is 0 Å². The molecule has 0 atom stereocenters. The molecule has 38 heavy (non-hydrogen) atoms. The maximum Gasteiger partial charge on any atom is 0.514 e. The van der Waals surface area contributed by atoms with E-state index in [1.165, 1.54) is 6.92 Å². The molecule has 0 radical (unpaired) electrons. The Bertz CT molecular complexity index is 1430. The van der Waals surface area contributed by atoms with Crippen LogP contribution in [0, 0.1) is 0 Å². The zero-order valence-electron chi connectivity index (χ0n) is 22.7. The lowest BCUT2D eigenvalue weighted by molar-refractivity contribution is -0.114. The molecule has 0 aliphatic rings. The number of fused-ring (bicyclic) bond motifs is 1. The summed E-state index contributed by atoms with van der Waals surface area (Å²) in [6.07, 6.45) is 2.29. The van der Waals surface area contributed by atoms with Crippen molar-refractivity contribution >= 4 is 28.8 Å². The summed E-state index contributed by atoms with van der Waals surface area (Å²) in [4.78, 5) is 28.7. The topological polar surface area (TPSA) is 82.5 Å². The van der Waals surface area contributed by atoms with E-state index in [2.05, 4.69) is 28.9 Å². The van der Waals surface area contributed by atoms with Crippen LogP contribution in [0.5, 0.6) is 5.75 Å². The van der Waals surface area contributed by atoms with Crippen molar-refractivity contribution in [3.63, 3.8) is 0 Å². The Morgan fingerprint density at radius 3 is 2.42 bits per heavy atom. The molecule has 4 aromatic rings. The summed E-state index contributed by atoms with van der Waals surface area (Å²) in [7, 11) is 0. The van der Waals surface area contributed by atoms with Gasteiger partial charge in [0.25, 0.3) is 0 Å². The normalized spacial score (nSPS) is 11.4. The number of anilines is 1. The van der Waals surface area contributed by atoms with Gasteiger partial charge in [-0.05, 0) is 62.6 Å². The van der Waals surface area contributed by atoms with Gasteiger partial charge in [-0.1, -0.05) is 55.8 Å². The van der Waals surface area contributed by atoms with Crippen molar-refractivity contribution in [2.24, 2.45) is 0 Å². The molecule has 0 saturated carbocycles. The Balaban J connectivity index is 1.61. The third kappa shape index (κ3) is 6.79. The van der Waals surface area contributed by atoms with Crippen LogP contribution < -0.4 is 10.1 Å². The van der Waals surface area contributed by atoms with Crippen LogP contribution >= 0.6 is 0 Å². The van der Waals surface area contributed by atoms with E-state index in [-0.39, 0.29) is 5.91 Å². The van der Waals surface area contributed by atoms with Gasteiger partial charge in [-0.15, -0.1) is 0 Å². The van der Waals surface area contributed by atoms with Crippen LogP contribution in [0.1, 0.15) is 58.8 Å². The second-order valence-electron chi connectivity index (χ2n) is 10.4. The summed E-state index contributed by atoms with van der Waals surface area (Å²) >= 11 is 0. The lowest BCUT2D eigenvalue weighted by Crippen LogP contribution is -2.26. The van der Waals surface area contributed by atoms with E-state index >= 15 is 0 Å². The van der Waals surface area contributed by atoms with Crippen molar-refractivity contribution in [3.8, 4) is 16.9 Å². The van der Waals surface area contributed by atoms with E-state index in [1.54, 1.807) is 26.8 Å². The van der Waals surface area contributed by atoms with E-state index < -0.39 is 11.8 Å². The molecule has 0 fully saturated rings.